The maximum atomic E-state index is 4.53. The summed E-state index contributed by atoms with van der Waals surface area (Å²) in [6.07, 6.45) is 9.43. The van der Waals surface area contributed by atoms with Crippen molar-refractivity contribution in [2.75, 3.05) is 4.90 Å². The Balaban J connectivity index is 1.31. The normalized spacial score (nSPS) is 13.5. The highest BCUT2D eigenvalue weighted by Gasteiger charge is 2.19. The molecule has 8 rings (SSSR count). The summed E-state index contributed by atoms with van der Waals surface area (Å²) in [6, 6.07) is 63.2. The van der Waals surface area contributed by atoms with Gasteiger partial charge in [-0.2, -0.15) is 0 Å². The molecular formula is C49H37N. The fourth-order valence-corrected chi connectivity index (χ4v) is 6.94. The molecule has 0 atom stereocenters. The molecule has 50 heavy (non-hydrogen) atoms. The minimum Gasteiger partial charge on any atom is -0.310 e. The van der Waals surface area contributed by atoms with Gasteiger partial charge in [0.15, 0.2) is 0 Å². The highest BCUT2D eigenvalue weighted by atomic mass is 15.1. The summed E-state index contributed by atoms with van der Waals surface area (Å²) in [7, 11) is 0. The van der Waals surface area contributed by atoms with Gasteiger partial charge in [0.05, 0.1) is 0 Å². The molecule has 0 radical (unpaired) electrons. The van der Waals surface area contributed by atoms with Crippen LogP contribution in [-0.2, 0) is 6.42 Å². The lowest BCUT2D eigenvalue weighted by atomic mass is 9.87. The molecule has 0 unspecified atom stereocenters. The Morgan fingerprint density at radius 3 is 1.46 bits per heavy atom. The second-order valence-electron chi connectivity index (χ2n) is 12.6. The van der Waals surface area contributed by atoms with Crippen molar-refractivity contribution in [3.8, 4) is 44.5 Å². The minimum atomic E-state index is 0.861. The molecule has 0 amide bonds. The van der Waals surface area contributed by atoms with Crippen LogP contribution in [0.25, 0.3) is 50.1 Å². The third-order valence-corrected chi connectivity index (χ3v) is 9.48. The Morgan fingerprint density at radius 2 is 0.860 bits per heavy atom. The quantitative estimate of drug-likeness (QED) is 0.181. The predicted octanol–water partition coefficient (Wildman–Crippen LogP) is 13.5. The Labute approximate surface area is 295 Å². The molecule has 238 valence electrons. The van der Waals surface area contributed by atoms with E-state index < -0.39 is 0 Å². The summed E-state index contributed by atoms with van der Waals surface area (Å²) >= 11 is 0. The van der Waals surface area contributed by atoms with Crippen LogP contribution in [0, 0.1) is 0 Å². The monoisotopic (exact) mass is 639 g/mol. The molecule has 0 saturated carbocycles. The molecule has 0 heterocycles. The van der Waals surface area contributed by atoms with Gasteiger partial charge in [-0.15, -0.1) is 0 Å². The van der Waals surface area contributed by atoms with Gasteiger partial charge in [-0.25, -0.2) is 0 Å². The highest BCUT2D eigenvalue weighted by Crippen LogP contribution is 2.43. The number of nitrogens with zero attached hydrogens (tertiary/aromatic N) is 1. The van der Waals surface area contributed by atoms with E-state index >= 15 is 0 Å². The van der Waals surface area contributed by atoms with Gasteiger partial charge in [0.1, 0.15) is 0 Å². The average molecular weight is 640 g/mol. The molecule has 1 heteroatoms. The number of fused-ring (bicyclic) bond motifs is 5. The first-order chi connectivity index (χ1) is 24.7. The number of anilines is 3. The van der Waals surface area contributed by atoms with Crippen LogP contribution < -0.4 is 4.90 Å². The van der Waals surface area contributed by atoms with E-state index in [9.17, 15) is 0 Å². The molecule has 0 aromatic heterocycles. The molecule has 0 fully saturated rings. The van der Waals surface area contributed by atoms with Crippen LogP contribution in [0.3, 0.4) is 0 Å². The predicted molar refractivity (Wildman–Crippen MR) is 214 cm³/mol. The van der Waals surface area contributed by atoms with Gasteiger partial charge in [0.25, 0.3) is 0 Å². The van der Waals surface area contributed by atoms with Gasteiger partial charge in [0.2, 0.25) is 0 Å². The van der Waals surface area contributed by atoms with Gasteiger partial charge in [-0.05, 0) is 104 Å². The summed E-state index contributed by atoms with van der Waals surface area (Å²) in [5, 5.41) is 0. The van der Waals surface area contributed by atoms with Crippen molar-refractivity contribution >= 4 is 22.6 Å². The maximum Gasteiger partial charge on any atom is 0.0468 e. The summed E-state index contributed by atoms with van der Waals surface area (Å²) in [4.78, 5) is 2.36. The van der Waals surface area contributed by atoms with Crippen molar-refractivity contribution in [3.05, 3.63) is 218 Å². The van der Waals surface area contributed by atoms with Gasteiger partial charge >= 0.3 is 0 Å². The third kappa shape index (κ3) is 6.25. The number of hydrogen-bond donors (Lipinski definition) is 0. The van der Waals surface area contributed by atoms with Crippen LogP contribution in [0.4, 0.5) is 17.1 Å². The maximum absolute atomic E-state index is 4.53. The molecule has 0 spiro atoms. The first kappa shape index (κ1) is 30.9. The standard InChI is InChI=1S/C49H37N/c1-36-15-5-2-10-20-41-21-11-12-22-46(41)47-23-13-14-24-48(47)49-35-44(33-34-45(36)49)50(42-29-25-39(26-30-42)37-16-6-3-7-17-37)43-31-27-40(28-32-43)38-18-8-4-9-19-38/h2-19,21-35H,1,20H2/b10-2-,15-5-. The molecule has 0 aliphatic heterocycles. The van der Waals surface area contributed by atoms with Crippen LogP contribution in [0.15, 0.2) is 207 Å². The van der Waals surface area contributed by atoms with Crippen LogP contribution in [0.2, 0.25) is 0 Å². The summed E-state index contributed by atoms with van der Waals surface area (Å²) < 4.78 is 0. The fraction of sp³-hybridized carbons (Fsp3) is 0.0204. The number of benzene rings is 7. The third-order valence-electron chi connectivity index (χ3n) is 9.48. The van der Waals surface area contributed by atoms with E-state index in [0.717, 1.165) is 40.2 Å². The second kappa shape index (κ2) is 14.0. The lowest BCUT2D eigenvalue weighted by Gasteiger charge is -2.27. The zero-order valence-corrected chi connectivity index (χ0v) is 27.9. The lowest BCUT2D eigenvalue weighted by molar-refractivity contribution is 1.27. The Morgan fingerprint density at radius 1 is 0.380 bits per heavy atom. The van der Waals surface area contributed by atoms with Gasteiger partial charge < -0.3 is 4.90 Å². The molecule has 1 nitrogen and oxygen atoms in total. The van der Waals surface area contributed by atoms with Gasteiger partial charge in [-0.3, -0.25) is 0 Å². The molecule has 1 aliphatic carbocycles. The number of rotatable bonds is 5. The Hall–Kier alpha value is -6.44. The molecule has 0 saturated heterocycles. The van der Waals surface area contributed by atoms with E-state index in [4.69, 9.17) is 0 Å². The zero-order chi connectivity index (χ0) is 33.7. The van der Waals surface area contributed by atoms with Crippen LogP contribution in [0.1, 0.15) is 11.1 Å². The fourth-order valence-electron chi connectivity index (χ4n) is 6.94. The Kier molecular flexibility index (Phi) is 8.62. The molecule has 0 N–H and O–H groups in total. The second-order valence-corrected chi connectivity index (χ2v) is 12.6. The molecule has 7 aromatic rings. The zero-order valence-electron chi connectivity index (χ0n) is 27.9. The van der Waals surface area contributed by atoms with E-state index in [1.54, 1.807) is 0 Å². The molecule has 1 aliphatic rings. The average Bonchev–Trinajstić information content (AvgIpc) is 3.19. The Bertz CT molecular complexity index is 2240. The lowest BCUT2D eigenvalue weighted by Crippen LogP contribution is -2.10. The van der Waals surface area contributed by atoms with Crippen molar-refractivity contribution in [2.24, 2.45) is 0 Å². The van der Waals surface area contributed by atoms with E-state index in [2.05, 4.69) is 212 Å². The smallest absolute Gasteiger partial charge is 0.0468 e. The summed E-state index contributed by atoms with van der Waals surface area (Å²) in [5.41, 5.74) is 16.3. The molecule has 0 bridgehead atoms. The summed E-state index contributed by atoms with van der Waals surface area (Å²) in [5.74, 6) is 0. The number of allylic oxidation sites excluding steroid dienone is 5. The molecule has 7 aromatic carbocycles. The number of hydrogen-bond acceptors (Lipinski definition) is 1. The van der Waals surface area contributed by atoms with Crippen molar-refractivity contribution in [1.82, 2.24) is 0 Å². The topological polar surface area (TPSA) is 3.24 Å². The van der Waals surface area contributed by atoms with Gasteiger partial charge in [0, 0.05) is 17.1 Å². The van der Waals surface area contributed by atoms with E-state index in [-0.39, 0.29) is 0 Å². The van der Waals surface area contributed by atoms with Crippen molar-refractivity contribution < 1.29 is 0 Å². The van der Waals surface area contributed by atoms with E-state index in [0.29, 0.717) is 0 Å². The van der Waals surface area contributed by atoms with Crippen LogP contribution >= 0.6 is 0 Å². The molecular weight excluding hydrogens is 603 g/mol. The summed E-state index contributed by atoms with van der Waals surface area (Å²) in [6.45, 7) is 4.53. The van der Waals surface area contributed by atoms with Crippen LogP contribution in [-0.4, -0.2) is 0 Å². The van der Waals surface area contributed by atoms with E-state index in [1.165, 1.54) is 44.5 Å². The van der Waals surface area contributed by atoms with Crippen molar-refractivity contribution in [1.29, 1.82) is 0 Å². The van der Waals surface area contributed by atoms with E-state index in [1.807, 2.05) is 0 Å². The van der Waals surface area contributed by atoms with Crippen LogP contribution in [0.5, 0.6) is 0 Å². The van der Waals surface area contributed by atoms with Crippen molar-refractivity contribution in [2.45, 2.75) is 6.42 Å². The minimum absolute atomic E-state index is 0.861. The first-order valence-electron chi connectivity index (χ1n) is 17.2. The SMILES string of the molecule is C=C1/C=C\C=C/Cc2ccccc2-c2ccccc2-c2cc(N(c3ccc(-c4ccccc4)cc3)c3ccc(-c4ccccc4)cc3)ccc21. The van der Waals surface area contributed by atoms with Crippen molar-refractivity contribution in [3.63, 3.8) is 0 Å². The highest BCUT2D eigenvalue weighted by molar-refractivity contribution is 5.94. The largest absolute Gasteiger partial charge is 0.310 e. The van der Waals surface area contributed by atoms with Gasteiger partial charge in [-0.1, -0.05) is 170 Å². The first-order valence-corrected chi connectivity index (χ1v) is 17.2.